The summed E-state index contributed by atoms with van der Waals surface area (Å²) in [6.45, 7) is 6.39. The Balaban J connectivity index is 1.36. The largest absolute Gasteiger partial charge is 0.463 e. The molecular formula is C29H38O3. The molecule has 0 amide bonds. The van der Waals surface area contributed by atoms with Gasteiger partial charge in [0, 0.05) is 17.9 Å². The molecule has 32 heavy (non-hydrogen) atoms. The highest BCUT2D eigenvalue weighted by atomic mass is 16.5. The number of fused-ring (bicyclic) bond motifs is 5. The van der Waals surface area contributed by atoms with Gasteiger partial charge in [-0.05, 0) is 99.0 Å². The lowest BCUT2D eigenvalue weighted by molar-refractivity contribution is -0.163. The van der Waals surface area contributed by atoms with Gasteiger partial charge in [0.25, 0.3) is 0 Å². The number of benzene rings is 1. The second kappa shape index (κ2) is 7.91. The van der Waals surface area contributed by atoms with Crippen LogP contribution in [-0.4, -0.2) is 22.8 Å². The first-order valence-electron chi connectivity index (χ1n) is 12.7. The van der Waals surface area contributed by atoms with Gasteiger partial charge < -0.3 is 9.84 Å². The minimum Gasteiger partial charge on any atom is -0.463 e. The molecule has 3 nitrogen and oxygen atoms in total. The highest BCUT2D eigenvalue weighted by Crippen LogP contribution is 2.68. The normalized spacial score (nSPS) is 44.9. The minimum atomic E-state index is -0.886. The quantitative estimate of drug-likeness (QED) is 0.453. The van der Waals surface area contributed by atoms with Gasteiger partial charge in [-0.1, -0.05) is 43.9 Å². The summed E-state index contributed by atoms with van der Waals surface area (Å²) in [5.41, 5.74) is 0.327. The zero-order valence-corrected chi connectivity index (χ0v) is 19.9. The Morgan fingerprint density at radius 1 is 1.00 bits per heavy atom. The molecule has 7 unspecified atom stereocenters. The van der Waals surface area contributed by atoms with E-state index >= 15 is 0 Å². The molecule has 0 heterocycles. The number of hydrogen-bond donors (Lipinski definition) is 1. The lowest BCUT2D eigenvalue weighted by atomic mass is 9.44. The maximum Gasteiger partial charge on any atom is 0.302 e. The van der Waals surface area contributed by atoms with E-state index < -0.39 is 5.60 Å². The van der Waals surface area contributed by atoms with Gasteiger partial charge in [0.05, 0.1) is 0 Å². The third-order valence-electron chi connectivity index (χ3n) is 10.3. The highest BCUT2D eigenvalue weighted by Gasteiger charge is 2.64. The van der Waals surface area contributed by atoms with Crippen LogP contribution in [-0.2, 0) is 9.53 Å². The molecule has 0 radical (unpaired) electrons. The molecule has 4 aliphatic carbocycles. The van der Waals surface area contributed by atoms with Crippen LogP contribution >= 0.6 is 0 Å². The Labute approximate surface area is 193 Å². The maximum atomic E-state index is 11.8. The van der Waals surface area contributed by atoms with Crippen molar-refractivity contribution in [1.82, 2.24) is 0 Å². The van der Waals surface area contributed by atoms with Crippen LogP contribution in [0.4, 0.5) is 0 Å². The van der Waals surface area contributed by atoms with Gasteiger partial charge in [-0.2, -0.15) is 0 Å². The summed E-state index contributed by atoms with van der Waals surface area (Å²) in [4.78, 5) is 11.5. The molecule has 4 aliphatic rings. The van der Waals surface area contributed by atoms with Crippen LogP contribution in [0.1, 0.15) is 84.1 Å². The molecule has 0 spiro atoms. The topological polar surface area (TPSA) is 46.5 Å². The number of aliphatic hydroxyl groups is 1. The molecule has 0 aliphatic heterocycles. The fourth-order valence-electron chi connectivity index (χ4n) is 8.48. The number of esters is 1. The summed E-state index contributed by atoms with van der Waals surface area (Å²) in [6, 6.07) is 10.1. The summed E-state index contributed by atoms with van der Waals surface area (Å²) in [7, 11) is 0. The zero-order valence-electron chi connectivity index (χ0n) is 19.9. The maximum absolute atomic E-state index is 11.8. The summed E-state index contributed by atoms with van der Waals surface area (Å²) >= 11 is 0. The van der Waals surface area contributed by atoms with Crippen LogP contribution in [0.15, 0.2) is 30.3 Å². The fraction of sp³-hybridized carbons (Fsp3) is 0.690. The standard InChI is InChI=1S/C29H38O3/c1-20(30)32-23-12-15-27(2)22(19-23)9-10-24-25(27)13-16-28(3)26(24)14-18-29(28,31)17-11-21-7-5-4-6-8-21/h4-8,22-26,31H,9-10,12-16,18-19H2,1-3H3/t22?,23?,24?,25?,26?,27?,28?,29-/m0/s1. The van der Waals surface area contributed by atoms with Gasteiger partial charge in [-0.25, -0.2) is 0 Å². The van der Waals surface area contributed by atoms with Crippen LogP contribution < -0.4 is 0 Å². The first-order chi connectivity index (χ1) is 15.3. The Kier molecular flexibility index (Phi) is 5.44. The van der Waals surface area contributed by atoms with Crippen molar-refractivity contribution in [3.63, 3.8) is 0 Å². The van der Waals surface area contributed by atoms with Crippen LogP contribution in [0.2, 0.25) is 0 Å². The third kappa shape index (κ3) is 3.41. The third-order valence-corrected chi connectivity index (χ3v) is 10.3. The van der Waals surface area contributed by atoms with E-state index in [1.807, 2.05) is 30.3 Å². The number of rotatable bonds is 1. The van der Waals surface area contributed by atoms with Crippen LogP contribution in [0, 0.1) is 46.3 Å². The van der Waals surface area contributed by atoms with E-state index in [4.69, 9.17) is 4.74 Å². The average Bonchev–Trinajstić information content (AvgIpc) is 3.04. The predicted molar refractivity (Wildman–Crippen MR) is 126 cm³/mol. The van der Waals surface area contributed by atoms with E-state index in [0.717, 1.165) is 50.0 Å². The zero-order chi connectivity index (χ0) is 22.6. The van der Waals surface area contributed by atoms with Crippen LogP contribution in [0.25, 0.3) is 0 Å². The molecule has 1 aromatic carbocycles. The number of carbonyl (C=O) groups is 1. The van der Waals surface area contributed by atoms with Crippen molar-refractivity contribution in [2.75, 3.05) is 0 Å². The van der Waals surface area contributed by atoms with E-state index in [1.165, 1.54) is 26.2 Å². The molecular weight excluding hydrogens is 396 g/mol. The molecule has 172 valence electrons. The molecule has 5 rings (SSSR count). The second-order valence-corrected chi connectivity index (χ2v) is 11.6. The first kappa shape index (κ1) is 22.0. The minimum absolute atomic E-state index is 0.112. The van der Waals surface area contributed by atoms with Crippen molar-refractivity contribution in [2.45, 2.75) is 90.3 Å². The van der Waals surface area contributed by atoms with Crippen molar-refractivity contribution in [3.8, 4) is 11.8 Å². The molecule has 8 atom stereocenters. The molecule has 4 saturated carbocycles. The summed E-state index contributed by atoms with van der Waals surface area (Å²) in [6.07, 6.45) is 9.94. The highest BCUT2D eigenvalue weighted by molar-refractivity contribution is 5.66. The van der Waals surface area contributed by atoms with Crippen molar-refractivity contribution in [3.05, 3.63) is 35.9 Å². The number of hydrogen-bond acceptors (Lipinski definition) is 3. The Morgan fingerprint density at radius 2 is 1.75 bits per heavy atom. The van der Waals surface area contributed by atoms with Crippen LogP contribution in [0.3, 0.4) is 0 Å². The summed E-state index contributed by atoms with van der Waals surface area (Å²) in [5.74, 6) is 9.13. The van der Waals surface area contributed by atoms with E-state index in [0.29, 0.717) is 23.2 Å². The van der Waals surface area contributed by atoms with E-state index in [-0.39, 0.29) is 17.5 Å². The monoisotopic (exact) mass is 434 g/mol. The lowest BCUT2D eigenvalue weighted by Gasteiger charge is -2.61. The van der Waals surface area contributed by atoms with E-state index in [1.54, 1.807) is 0 Å². The summed E-state index contributed by atoms with van der Waals surface area (Å²) < 4.78 is 5.61. The van der Waals surface area contributed by atoms with Gasteiger partial charge in [0.2, 0.25) is 0 Å². The lowest BCUT2D eigenvalue weighted by Crippen LogP contribution is -2.56. The van der Waals surface area contributed by atoms with Crippen molar-refractivity contribution >= 4 is 5.97 Å². The van der Waals surface area contributed by atoms with Gasteiger partial charge in [-0.15, -0.1) is 0 Å². The fourth-order valence-corrected chi connectivity index (χ4v) is 8.48. The van der Waals surface area contributed by atoms with Crippen LogP contribution in [0.5, 0.6) is 0 Å². The summed E-state index contributed by atoms with van der Waals surface area (Å²) in [5, 5.41) is 11.8. The first-order valence-corrected chi connectivity index (χ1v) is 12.7. The van der Waals surface area contributed by atoms with Gasteiger partial charge in [-0.3, -0.25) is 4.79 Å². The molecule has 1 N–H and O–H groups in total. The van der Waals surface area contributed by atoms with Gasteiger partial charge in [0.15, 0.2) is 0 Å². The predicted octanol–water partition coefficient (Wildman–Crippen LogP) is 5.74. The Morgan fingerprint density at radius 3 is 2.50 bits per heavy atom. The molecule has 0 saturated heterocycles. The van der Waals surface area contributed by atoms with E-state index in [9.17, 15) is 9.90 Å². The Bertz CT molecular complexity index is 929. The average molecular weight is 435 g/mol. The number of ether oxygens (including phenoxy) is 1. The van der Waals surface area contributed by atoms with Gasteiger partial charge >= 0.3 is 5.97 Å². The smallest absolute Gasteiger partial charge is 0.302 e. The van der Waals surface area contributed by atoms with Crippen molar-refractivity contribution < 1.29 is 14.6 Å². The number of carbonyl (C=O) groups excluding carboxylic acids is 1. The molecule has 4 fully saturated rings. The van der Waals surface area contributed by atoms with Crippen molar-refractivity contribution in [2.24, 2.45) is 34.5 Å². The molecule has 0 bridgehead atoms. The Hall–Kier alpha value is -1.79. The van der Waals surface area contributed by atoms with E-state index in [2.05, 4.69) is 25.7 Å². The van der Waals surface area contributed by atoms with Gasteiger partial charge in [0.1, 0.15) is 11.7 Å². The SMILES string of the molecule is CC(=O)OC1CCC2(C)C(CCC3C2CCC2(C)C3CC[C@@]2(O)C#Cc2ccccc2)C1. The van der Waals surface area contributed by atoms with Crippen molar-refractivity contribution in [1.29, 1.82) is 0 Å². The molecule has 0 aromatic heterocycles. The molecule has 1 aromatic rings. The molecule has 3 heteroatoms. The second-order valence-electron chi connectivity index (χ2n) is 11.6.